The quantitative estimate of drug-likeness (QED) is 0.527. The van der Waals surface area contributed by atoms with Gasteiger partial charge in [0, 0.05) is 36.8 Å². The van der Waals surface area contributed by atoms with Gasteiger partial charge in [-0.3, -0.25) is 14.9 Å². The molecule has 0 spiro atoms. The Morgan fingerprint density at radius 3 is 2.73 bits per heavy atom. The highest BCUT2D eigenvalue weighted by atomic mass is 32.2. The third kappa shape index (κ3) is 4.60. The molecule has 0 radical (unpaired) electrons. The number of hydrogen-bond acceptors (Lipinski definition) is 6. The Morgan fingerprint density at radius 2 is 2.03 bits per heavy atom. The maximum atomic E-state index is 12.7. The van der Waals surface area contributed by atoms with Crippen LogP contribution in [0.2, 0.25) is 0 Å². The van der Waals surface area contributed by atoms with Crippen molar-refractivity contribution in [3.05, 3.63) is 68.8 Å². The van der Waals surface area contributed by atoms with Crippen LogP contribution in [0.1, 0.15) is 27.0 Å². The van der Waals surface area contributed by atoms with E-state index in [2.05, 4.69) is 5.32 Å². The third-order valence-electron chi connectivity index (χ3n) is 5.18. The first-order valence-electron chi connectivity index (χ1n) is 9.39. The first-order valence-corrected chi connectivity index (χ1v) is 11.0. The predicted molar refractivity (Wildman–Crippen MR) is 111 cm³/mol. The van der Waals surface area contributed by atoms with Gasteiger partial charge in [0.1, 0.15) is 5.75 Å². The molecule has 1 amide bonds. The summed E-state index contributed by atoms with van der Waals surface area (Å²) in [6, 6.07) is 9.81. The Labute approximate surface area is 174 Å². The number of amides is 1. The van der Waals surface area contributed by atoms with Crippen molar-refractivity contribution in [2.75, 3.05) is 26.0 Å². The SMILES string of the molecule is COc1ccc2c(c1)CCN(S(=O)(=O)CCNC(=O)c1cccc([N+](=O)[O-])c1C)C2. The molecular formula is C20H23N3O6S. The number of nitro benzene ring substituents is 1. The summed E-state index contributed by atoms with van der Waals surface area (Å²) in [5, 5.41) is 13.6. The second-order valence-corrected chi connectivity index (χ2v) is 9.09. The van der Waals surface area contributed by atoms with E-state index in [0.717, 1.165) is 16.9 Å². The molecule has 0 atom stereocenters. The van der Waals surface area contributed by atoms with Crippen molar-refractivity contribution in [3.63, 3.8) is 0 Å². The Kier molecular flexibility index (Phi) is 6.37. The van der Waals surface area contributed by atoms with Crippen molar-refractivity contribution in [2.24, 2.45) is 0 Å². The largest absolute Gasteiger partial charge is 0.497 e. The molecule has 0 saturated carbocycles. The third-order valence-corrected chi connectivity index (χ3v) is 6.99. The molecule has 0 unspecified atom stereocenters. The van der Waals surface area contributed by atoms with E-state index in [1.807, 2.05) is 12.1 Å². The van der Waals surface area contributed by atoms with Gasteiger partial charge in [0.25, 0.3) is 11.6 Å². The topological polar surface area (TPSA) is 119 Å². The van der Waals surface area contributed by atoms with Crippen LogP contribution < -0.4 is 10.1 Å². The molecule has 0 bridgehead atoms. The summed E-state index contributed by atoms with van der Waals surface area (Å²) in [4.78, 5) is 22.8. The summed E-state index contributed by atoms with van der Waals surface area (Å²) < 4.78 is 32.0. The minimum atomic E-state index is -3.57. The fourth-order valence-electron chi connectivity index (χ4n) is 3.45. The number of nitrogens with one attached hydrogen (secondary N) is 1. The van der Waals surface area contributed by atoms with Gasteiger partial charge in [-0.05, 0) is 42.7 Å². The summed E-state index contributed by atoms with van der Waals surface area (Å²) in [6.45, 7) is 2.04. The summed E-state index contributed by atoms with van der Waals surface area (Å²) in [5.74, 6) is -0.0511. The number of carbonyl (C=O) groups is 1. The van der Waals surface area contributed by atoms with E-state index < -0.39 is 20.9 Å². The number of methoxy groups -OCH3 is 1. The first-order chi connectivity index (χ1) is 14.2. The molecule has 0 aromatic heterocycles. The lowest BCUT2D eigenvalue weighted by molar-refractivity contribution is -0.385. The molecular weight excluding hydrogens is 410 g/mol. The highest BCUT2D eigenvalue weighted by Crippen LogP contribution is 2.25. The molecule has 2 aromatic carbocycles. The van der Waals surface area contributed by atoms with Crippen LogP contribution in [0.3, 0.4) is 0 Å². The second-order valence-electron chi connectivity index (χ2n) is 7.00. The van der Waals surface area contributed by atoms with Gasteiger partial charge in [-0.2, -0.15) is 4.31 Å². The maximum Gasteiger partial charge on any atom is 0.273 e. The van der Waals surface area contributed by atoms with Gasteiger partial charge in [0.05, 0.1) is 17.8 Å². The summed E-state index contributed by atoms with van der Waals surface area (Å²) >= 11 is 0. The Balaban J connectivity index is 1.61. The van der Waals surface area contributed by atoms with Gasteiger partial charge in [-0.15, -0.1) is 0 Å². The fourth-order valence-corrected chi connectivity index (χ4v) is 4.78. The number of benzene rings is 2. The lowest BCUT2D eigenvalue weighted by Gasteiger charge is -2.28. The molecule has 1 aliphatic heterocycles. The standard InChI is InChI=1S/C20H23N3O6S/c1-14-18(4-3-5-19(14)23(25)26)20(24)21-9-11-30(27,28)22-10-8-15-12-17(29-2)7-6-16(15)13-22/h3-7,12H,8-11,13H2,1-2H3,(H,21,24). The molecule has 1 heterocycles. The Morgan fingerprint density at radius 1 is 1.27 bits per heavy atom. The van der Waals surface area contributed by atoms with E-state index in [1.165, 1.54) is 29.4 Å². The van der Waals surface area contributed by atoms with Crippen LogP contribution in [0.25, 0.3) is 0 Å². The fraction of sp³-hybridized carbons (Fsp3) is 0.350. The molecule has 3 rings (SSSR count). The molecule has 1 aliphatic rings. The average Bonchev–Trinajstić information content (AvgIpc) is 2.72. The monoisotopic (exact) mass is 433 g/mol. The molecule has 1 N–H and O–H groups in total. The van der Waals surface area contributed by atoms with Gasteiger partial charge in [0.2, 0.25) is 10.0 Å². The maximum absolute atomic E-state index is 12.7. The van der Waals surface area contributed by atoms with Gasteiger partial charge in [-0.1, -0.05) is 12.1 Å². The van der Waals surface area contributed by atoms with Crippen molar-refractivity contribution < 1.29 is 22.9 Å². The molecule has 0 fully saturated rings. The molecule has 10 heteroatoms. The number of sulfonamides is 1. The lowest BCUT2D eigenvalue weighted by Crippen LogP contribution is -2.40. The lowest BCUT2D eigenvalue weighted by atomic mass is 10.0. The van der Waals surface area contributed by atoms with Gasteiger partial charge >= 0.3 is 0 Å². The molecule has 30 heavy (non-hydrogen) atoms. The zero-order valence-electron chi connectivity index (χ0n) is 16.8. The minimum absolute atomic E-state index is 0.0880. The average molecular weight is 433 g/mol. The van der Waals surface area contributed by atoms with Crippen LogP contribution in [-0.2, 0) is 23.0 Å². The van der Waals surface area contributed by atoms with Crippen LogP contribution in [0.4, 0.5) is 5.69 Å². The van der Waals surface area contributed by atoms with E-state index in [9.17, 15) is 23.3 Å². The highest BCUT2D eigenvalue weighted by molar-refractivity contribution is 7.89. The van der Waals surface area contributed by atoms with Crippen molar-refractivity contribution in [1.82, 2.24) is 9.62 Å². The van der Waals surface area contributed by atoms with Gasteiger partial charge in [-0.25, -0.2) is 8.42 Å². The Hall–Kier alpha value is -2.98. The summed E-state index contributed by atoms with van der Waals surface area (Å²) in [7, 11) is -1.98. The number of nitrogens with zero attached hydrogens (tertiary/aromatic N) is 2. The summed E-state index contributed by atoms with van der Waals surface area (Å²) in [5.41, 5.74) is 2.24. The van der Waals surface area contributed by atoms with E-state index in [1.54, 1.807) is 13.2 Å². The van der Waals surface area contributed by atoms with E-state index in [0.29, 0.717) is 13.0 Å². The van der Waals surface area contributed by atoms with Crippen molar-refractivity contribution in [3.8, 4) is 5.75 Å². The Bertz CT molecular complexity index is 1080. The van der Waals surface area contributed by atoms with Crippen LogP contribution in [0.15, 0.2) is 36.4 Å². The zero-order chi connectivity index (χ0) is 21.9. The zero-order valence-corrected chi connectivity index (χ0v) is 17.6. The van der Waals surface area contributed by atoms with E-state index >= 15 is 0 Å². The van der Waals surface area contributed by atoms with E-state index in [4.69, 9.17) is 4.74 Å². The molecule has 160 valence electrons. The first kappa shape index (κ1) is 21.7. The number of nitro groups is 1. The van der Waals surface area contributed by atoms with Gasteiger partial charge < -0.3 is 10.1 Å². The highest BCUT2D eigenvalue weighted by Gasteiger charge is 2.27. The number of fused-ring (bicyclic) bond motifs is 1. The minimum Gasteiger partial charge on any atom is -0.497 e. The predicted octanol–water partition coefficient (Wildman–Crippen LogP) is 2.03. The number of rotatable bonds is 7. The summed E-state index contributed by atoms with van der Waals surface area (Å²) in [6.07, 6.45) is 0.588. The van der Waals surface area contributed by atoms with Crippen LogP contribution in [0, 0.1) is 17.0 Å². The van der Waals surface area contributed by atoms with Crippen molar-refractivity contribution >= 4 is 21.6 Å². The van der Waals surface area contributed by atoms with Crippen LogP contribution >= 0.6 is 0 Å². The molecule has 0 aliphatic carbocycles. The number of hydrogen-bond donors (Lipinski definition) is 1. The molecule has 2 aromatic rings. The second kappa shape index (κ2) is 8.80. The van der Waals surface area contributed by atoms with Crippen molar-refractivity contribution in [2.45, 2.75) is 19.9 Å². The number of ether oxygens (including phenoxy) is 1. The van der Waals surface area contributed by atoms with Crippen molar-refractivity contribution in [1.29, 1.82) is 0 Å². The van der Waals surface area contributed by atoms with Crippen LogP contribution in [0.5, 0.6) is 5.75 Å². The molecule has 0 saturated heterocycles. The smallest absolute Gasteiger partial charge is 0.273 e. The van der Waals surface area contributed by atoms with Crippen LogP contribution in [-0.4, -0.2) is 49.5 Å². The van der Waals surface area contributed by atoms with Gasteiger partial charge in [0.15, 0.2) is 0 Å². The van der Waals surface area contributed by atoms with E-state index in [-0.39, 0.29) is 35.7 Å². The number of carbonyl (C=O) groups excluding carboxylic acids is 1. The normalized spacial score (nSPS) is 14.1. The molecule has 9 nitrogen and oxygen atoms in total.